The molecule has 0 aliphatic heterocycles. The first-order chi connectivity index (χ1) is 10.4. The molecule has 1 atom stereocenters. The number of anilines is 1. The zero-order chi connectivity index (χ0) is 16.3. The lowest BCUT2D eigenvalue weighted by Crippen LogP contribution is -2.13. The van der Waals surface area contributed by atoms with Crippen molar-refractivity contribution >= 4 is 28.1 Å². The monoisotopic (exact) mass is 318 g/mol. The normalized spacial score (nSPS) is 11.7. The Bertz CT molecular complexity index is 757. The Labute approximate surface area is 129 Å². The lowest BCUT2D eigenvalue weighted by molar-refractivity contribution is -0.385. The van der Waals surface area contributed by atoms with E-state index in [1.807, 2.05) is 0 Å². The molecule has 0 radical (unpaired) electrons. The maximum Gasteiger partial charge on any atom is 0.274 e. The lowest BCUT2D eigenvalue weighted by Gasteiger charge is -2.09. The summed E-state index contributed by atoms with van der Waals surface area (Å²) in [6.07, 6.45) is 1.56. The van der Waals surface area contributed by atoms with Gasteiger partial charge < -0.3 is 5.32 Å². The second-order valence-electron chi connectivity index (χ2n) is 4.64. The highest BCUT2D eigenvalue weighted by atomic mass is 32.2. The molecule has 2 aromatic carbocycles. The van der Waals surface area contributed by atoms with Gasteiger partial charge in [-0.3, -0.25) is 19.1 Å². The van der Waals surface area contributed by atoms with Crippen LogP contribution in [0.5, 0.6) is 0 Å². The summed E-state index contributed by atoms with van der Waals surface area (Å²) < 4.78 is 11.3. The first-order valence-corrected chi connectivity index (χ1v) is 7.95. The third-order valence-electron chi connectivity index (χ3n) is 3.20. The molecule has 0 unspecified atom stereocenters. The molecule has 2 aromatic rings. The molecule has 0 aromatic heterocycles. The Balaban J connectivity index is 2.24. The quantitative estimate of drug-likeness (QED) is 0.693. The molecule has 0 fully saturated rings. The van der Waals surface area contributed by atoms with Crippen molar-refractivity contribution < 1.29 is 13.9 Å². The molecule has 7 heteroatoms. The smallest absolute Gasteiger partial charge is 0.274 e. The Morgan fingerprint density at radius 2 is 1.82 bits per heavy atom. The molecule has 0 bridgehead atoms. The number of hydrogen-bond donors (Lipinski definition) is 1. The van der Waals surface area contributed by atoms with E-state index < -0.39 is 15.7 Å². The number of rotatable bonds is 4. The molecule has 0 saturated carbocycles. The summed E-state index contributed by atoms with van der Waals surface area (Å²) in [5, 5.41) is 13.5. The predicted octanol–water partition coefficient (Wildman–Crippen LogP) is 2.89. The summed E-state index contributed by atoms with van der Waals surface area (Å²) in [5.41, 5.74) is 1.13. The van der Waals surface area contributed by atoms with Gasteiger partial charge in [0.25, 0.3) is 11.6 Å². The number of nitrogens with zero attached hydrogens (tertiary/aromatic N) is 1. The number of nitro benzene ring substituents is 1. The largest absolute Gasteiger partial charge is 0.321 e. The van der Waals surface area contributed by atoms with Crippen LogP contribution in [0.1, 0.15) is 15.9 Å². The van der Waals surface area contributed by atoms with Crippen molar-refractivity contribution in [1.29, 1.82) is 0 Å². The van der Waals surface area contributed by atoms with Gasteiger partial charge in [-0.25, -0.2) is 0 Å². The number of carbonyl (C=O) groups excluding carboxylic acids is 1. The van der Waals surface area contributed by atoms with Crippen LogP contribution in [-0.4, -0.2) is 21.3 Å². The van der Waals surface area contributed by atoms with Crippen LogP contribution in [0.3, 0.4) is 0 Å². The molecular formula is C15H14N2O4S. The molecule has 0 aliphatic rings. The van der Waals surface area contributed by atoms with Crippen LogP contribution in [-0.2, 0) is 10.8 Å². The second kappa shape index (κ2) is 6.48. The van der Waals surface area contributed by atoms with Crippen LogP contribution in [0.4, 0.5) is 11.4 Å². The Morgan fingerprint density at radius 3 is 2.36 bits per heavy atom. The molecule has 114 valence electrons. The topological polar surface area (TPSA) is 89.3 Å². The zero-order valence-corrected chi connectivity index (χ0v) is 12.8. The standard InChI is InChI=1S/C15H14N2O4S/c1-10-13(4-3-5-14(10)17(19)20)16-15(18)11-6-8-12(9-7-11)22(2)21/h3-9H,1-2H3,(H,16,18)/t22-/m0/s1. The molecule has 1 amide bonds. The van der Waals surface area contributed by atoms with Crippen molar-refractivity contribution in [3.8, 4) is 0 Å². The van der Waals surface area contributed by atoms with Gasteiger partial charge in [-0.1, -0.05) is 6.07 Å². The van der Waals surface area contributed by atoms with Gasteiger partial charge in [0.05, 0.1) is 16.2 Å². The van der Waals surface area contributed by atoms with Crippen molar-refractivity contribution in [2.75, 3.05) is 11.6 Å². The van der Waals surface area contributed by atoms with Crippen LogP contribution >= 0.6 is 0 Å². The van der Waals surface area contributed by atoms with E-state index in [0.29, 0.717) is 21.7 Å². The van der Waals surface area contributed by atoms with E-state index in [-0.39, 0.29) is 11.6 Å². The highest BCUT2D eigenvalue weighted by molar-refractivity contribution is 7.84. The number of carbonyl (C=O) groups is 1. The fraction of sp³-hybridized carbons (Fsp3) is 0.133. The van der Waals surface area contributed by atoms with Crippen molar-refractivity contribution in [3.63, 3.8) is 0 Å². The van der Waals surface area contributed by atoms with Crippen LogP contribution in [0.2, 0.25) is 0 Å². The highest BCUT2D eigenvalue weighted by Crippen LogP contribution is 2.25. The number of nitro groups is 1. The Kier molecular flexibility index (Phi) is 4.67. The third kappa shape index (κ3) is 3.37. The first kappa shape index (κ1) is 15.8. The van der Waals surface area contributed by atoms with E-state index >= 15 is 0 Å². The zero-order valence-electron chi connectivity index (χ0n) is 12.0. The molecule has 0 aliphatic carbocycles. The van der Waals surface area contributed by atoms with Crippen molar-refractivity contribution in [2.24, 2.45) is 0 Å². The summed E-state index contributed by atoms with van der Waals surface area (Å²) in [6.45, 7) is 1.58. The second-order valence-corrected chi connectivity index (χ2v) is 6.02. The van der Waals surface area contributed by atoms with Crippen molar-refractivity contribution in [3.05, 3.63) is 63.7 Å². The molecule has 2 rings (SSSR count). The van der Waals surface area contributed by atoms with Gasteiger partial charge in [0.1, 0.15) is 0 Å². The Morgan fingerprint density at radius 1 is 1.18 bits per heavy atom. The van der Waals surface area contributed by atoms with Gasteiger partial charge in [-0.15, -0.1) is 0 Å². The van der Waals surface area contributed by atoms with Gasteiger partial charge >= 0.3 is 0 Å². The molecule has 0 spiro atoms. The molecular weight excluding hydrogens is 304 g/mol. The summed E-state index contributed by atoms with van der Waals surface area (Å²) in [6, 6.07) is 10.9. The van der Waals surface area contributed by atoms with Crippen LogP contribution in [0.25, 0.3) is 0 Å². The van der Waals surface area contributed by atoms with E-state index in [2.05, 4.69) is 5.32 Å². The lowest BCUT2D eigenvalue weighted by atomic mass is 10.1. The maximum absolute atomic E-state index is 12.2. The average molecular weight is 318 g/mol. The van der Waals surface area contributed by atoms with Gasteiger partial charge in [0, 0.05) is 33.6 Å². The predicted molar refractivity (Wildman–Crippen MR) is 84.6 cm³/mol. The molecule has 0 heterocycles. The van der Waals surface area contributed by atoms with Crippen LogP contribution < -0.4 is 5.32 Å². The third-order valence-corrected chi connectivity index (χ3v) is 4.13. The van der Waals surface area contributed by atoms with Crippen molar-refractivity contribution in [2.45, 2.75) is 11.8 Å². The van der Waals surface area contributed by atoms with Crippen LogP contribution in [0.15, 0.2) is 47.4 Å². The maximum atomic E-state index is 12.2. The number of nitrogens with one attached hydrogen (secondary N) is 1. The summed E-state index contributed by atoms with van der Waals surface area (Å²) >= 11 is 0. The van der Waals surface area contributed by atoms with Gasteiger partial charge in [-0.2, -0.15) is 0 Å². The summed E-state index contributed by atoms with van der Waals surface area (Å²) in [4.78, 5) is 23.2. The highest BCUT2D eigenvalue weighted by Gasteiger charge is 2.15. The fourth-order valence-corrected chi connectivity index (χ4v) is 2.47. The minimum absolute atomic E-state index is 0.0467. The van der Waals surface area contributed by atoms with Gasteiger partial charge in [0.15, 0.2) is 0 Å². The van der Waals surface area contributed by atoms with E-state index in [4.69, 9.17) is 0 Å². The van der Waals surface area contributed by atoms with Crippen LogP contribution in [0, 0.1) is 17.0 Å². The molecule has 22 heavy (non-hydrogen) atoms. The summed E-state index contributed by atoms with van der Waals surface area (Å²) in [7, 11) is -1.11. The van der Waals surface area contributed by atoms with Gasteiger partial charge in [0.2, 0.25) is 0 Å². The minimum atomic E-state index is -1.11. The number of benzene rings is 2. The van der Waals surface area contributed by atoms with E-state index in [0.717, 1.165) is 0 Å². The molecule has 1 N–H and O–H groups in total. The number of amides is 1. The number of hydrogen-bond acceptors (Lipinski definition) is 4. The average Bonchev–Trinajstić information content (AvgIpc) is 2.49. The first-order valence-electron chi connectivity index (χ1n) is 6.39. The van der Waals surface area contributed by atoms with E-state index in [9.17, 15) is 19.1 Å². The summed E-state index contributed by atoms with van der Waals surface area (Å²) in [5.74, 6) is -0.378. The SMILES string of the molecule is Cc1c(NC(=O)c2ccc([S@](C)=O)cc2)cccc1[N+](=O)[O-]. The van der Waals surface area contributed by atoms with E-state index in [1.54, 1.807) is 43.5 Å². The minimum Gasteiger partial charge on any atom is -0.321 e. The molecule has 6 nitrogen and oxygen atoms in total. The fourth-order valence-electron chi connectivity index (χ4n) is 1.95. The van der Waals surface area contributed by atoms with Crippen molar-refractivity contribution in [1.82, 2.24) is 0 Å². The van der Waals surface area contributed by atoms with Gasteiger partial charge in [-0.05, 0) is 37.3 Å². The molecule has 0 saturated heterocycles. The Hall–Kier alpha value is -2.54. The van der Waals surface area contributed by atoms with E-state index in [1.165, 1.54) is 12.1 Å².